The molecular weight excluding hydrogens is 140 g/mol. The maximum Gasteiger partial charge on any atom is 0.221 e. The Labute approximate surface area is 67.5 Å². The summed E-state index contributed by atoms with van der Waals surface area (Å²) in [5.41, 5.74) is 0. The van der Waals surface area contributed by atoms with Crippen molar-refractivity contribution in [2.24, 2.45) is 5.92 Å². The molecule has 1 rings (SSSR count). The van der Waals surface area contributed by atoms with E-state index in [4.69, 9.17) is 0 Å². The van der Waals surface area contributed by atoms with Gasteiger partial charge in [-0.2, -0.15) is 0 Å². The number of hydrogen-bond acceptors (Lipinski definition) is 2. The minimum atomic E-state index is 0.167. The molecule has 1 fully saturated rings. The first kappa shape index (κ1) is 8.53. The predicted octanol–water partition coefficient (Wildman–Crippen LogP) is 0.120. The van der Waals surface area contributed by atoms with E-state index in [2.05, 4.69) is 24.5 Å². The monoisotopic (exact) mass is 156 g/mol. The zero-order valence-corrected chi connectivity index (χ0v) is 7.18. The van der Waals surface area contributed by atoms with E-state index in [-0.39, 0.29) is 5.91 Å². The summed E-state index contributed by atoms with van der Waals surface area (Å²) in [5.74, 6) is 0.758. The highest BCUT2D eigenvalue weighted by atomic mass is 16.1. The molecule has 64 valence electrons. The van der Waals surface area contributed by atoms with Crippen LogP contribution in [-0.2, 0) is 4.79 Å². The zero-order valence-electron chi connectivity index (χ0n) is 7.18. The van der Waals surface area contributed by atoms with Crippen LogP contribution in [0.2, 0.25) is 0 Å². The van der Waals surface area contributed by atoms with Gasteiger partial charge in [0.15, 0.2) is 0 Å². The van der Waals surface area contributed by atoms with Crippen molar-refractivity contribution in [3.05, 3.63) is 0 Å². The molecule has 3 nitrogen and oxygen atoms in total. The van der Waals surface area contributed by atoms with Crippen LogP contribution in [0.15, 0.2) is 0 Å². The number of nitrogens with one attached hydrogen (secondary N) is 2. The Morgan fingerprint density at radius 2 is 2.27 bits per heavy atom. The van der Waals surface area contributed by atoms with Crippen molar-refractivity contribution in [2.45, 2.75) is 26.3 Å². The first-order valence-electron chi connectivity index (χ1n) is 4.20. The van der Waals surface area contributed by atoms with Crippen LogP contribution < -0.4 is 10.6 Å². The smallest absolute Gasteiger partial charge is 0.221 e. The van der Waals surface area contributed by atoms with Gasteiger partial charge in [-0.1, -0.05) is 13.8 Å². The number of rotatable bonds is 1. The van der Waals surface area contributed by atoms with E-state index >= 15 is 0 Å². The summed E-state index contributed by atoms with van der Waals surface area (Å²) >= 11 is 0. The van der Waals surface area contributed by atoms with E-state index in [1.807, 2.05) is 0 Å². The molecule has 1 atom stereocenters. The van der Waals surface area contributed by atoms with Crippen molar-refractivity contribution in [1.82, 2.24) is 10.6 Å². The fraction of sp³-hybridized carbons (Fsp3) is 0.875. The Kier molecular flexibility index (Phi) is 2.88. The molecule has 3 heteroatoms. The molecule has 0 aliphatic carbocycles. The number of hydrogen-bond donors (Lipinski definition) is 2. The fourth-order valence-electron chi connectivity index (χ4n) is 1.23. The van der Waals surface area contributed by atoms with Gasteiger partial charge < -0.3 is 10.6 Å². The van der Waals surface area contributed by atoms with Crippen LogP contribution >= 0.6 is 0 Å². The maximum absolute atomic E-state index is 10.9. The van der Waals surface area contributed by atoms with Crippen LogP contribution in [0.4, 0.5) is 0 Å². The molecule has 0 radical (unpaired) electrons. The van der Waals surface area contributed by atoms with Crippen LogP contribution in [0, 0.1) is 5.92 Å². The summed E-state index contributed by atoms with van der Waals surface area (Å²) in [7, 11) is 0. The summed E-state index contributed by atoms with van der Waals surface area (Å²) < 4.78 is 0. The van der Waals surface area contributed by atoms with Crippen molar-refractivity contribution >= 4 is 5.91 Å². The quantitative estimate of drug-likeness (QED) is 0.566. The van der Waals surface area contributed by atoms with Crippen LogP contribution in [-0.4, -0.2) is 25.0 Å². The molecule has 0 aromatic heterocycles. The average Bonchev–Trinajstić information content (AvgIpc) is 2.13. The Bertz CT molecular complexity index is 145. The number of amides is 1. The van der Waals surface area contributed by atoms with Crippen LogP contribution in [0.1, 0.15) is 20.3 Å². The van der Waals surface area contributed by atoms with Crippen molar-refractivity contribution in [3.8, 4) is 0 Å². The first-order valence-corrected chi connectivity index (χ1v) is 4.20. The van der Waals surface area contributed by atoms with E-state index < -0.39 is 0 Å². The largest absolute Gasteiger partial charge is 0.354 e. The Morgan fingerprint density at radius 1 is 1.55 bits per heavy atom. The highest BCUT2D eigenvalue weighted by Gasteiger charge is 2.16. The van der Waals surface area contributed by atoms with E-state index in [1.165, 1.54) is 0 Å². The summed E-state index contributed by atoms with van der Waals surface area (Å²) in [6.07, 6.45) is 0.614. The van der Waals surface area contributed by atoms with Crippen LogP contribution in [0.25, 0.3) is 0 Å². The molecule has 1 amide bonds. The Hall–Kier alpha value is -0.570. The zero-order chi connectivity index (χ0) is 8.27. The summed E-state index contributed by atoms with van der Waals surface area (Å²) in [4.78, 5) is 10.9. The second-order valence-corrected chi connectivity index (χ2v) is 3.36. The second kappa shape index (κ2) is 3.72. The molecule has 1 aliphatic rings. The van der Waals surface area contributed by atoms with Gasteiger partial charge >= 0.3 is 0 Å². The van der Waals surface area contributed by atoms with Crippen molar-refractivity contribution in [3.63, 3.8) is 0 Å². The minimum absolute atomic E-state index is 0.167. The summed E-state index contributed by atoms with van der Waals surface area (Å²) in [6.45, 7) is 5.91. The van der Waals surface area contributed by atoms with E-state index in [0.717, 1.165) is 13.1 Å². The van der Waals surface area contributed by atoms with Gasteiger partial charge in [-0.15, -0.1) is 0 Å². The molecule has 1 heterocycles. The molecule has 0 aromatic rings. The van der Waals surface area contributed by atoms with Crippen LogP contribution in [0.5, 0.6) is 0 Å². The van der Waals surface area contributed by atoms with Gasteiger partial charge in [0.05, 0.1) is 0 Å². The van der Waals surface area contributed by atoms with Gasteiger partial charge in [-0.3, -0.25) is 4.79 Å². The molecule has 0 spiro atoms. The molecule has 1 saturated heterocycles. The lowest BCUT2D eigenvalue weighted by Crippen LogP contribution is -2.39. The third-order valence-electron chi connectivity index (χ3n) is 2.08. The van der Waals surface area contributed by atoms with Crippen molar-refractivity contribution < 1.29 is 4.79 Å². The van der Waals surface area contributed by atoms with E-state index in [0.29, 0.717) is 18.4 Å². The highest BCUT2D eigenvalue weighted by Crippen LogP contribution is 2.02. The van der Waals surface area contributed by atoms with Crippen molar-refractivity contribution in [2.75, 3.05) is 13.1 Å². The van der Waals surface area contributed by atoms with Crippen molar-refractivity contribution in [1.29, 1.82) is 0 Å². The molecule has 1 unspecified atom stereocenters. The lowest BCUT2D eigenvalue weighted by atomic mass is 10.1. The SMILES string of the molecule is CC(C)C1CNC(=O)CCN1. The molecule has 0 aromatic carbocycles. The standard InChI is InChI=1S/C8H16N2O/c1-6(2)7-5-10-8(11)3-4-9-7/h6-7,9H,3-5H2,1-2H3,(H,10,11). The van der Waals surface area contributed by atoms with E-state index in [1.54, 1.807) is 0 Å². The Balaban J connectivity index is 2.40. The maximum atomic E-state index is 10.9. The second-order valence-electron chi connectivity index (χ2n) is 3.36. The predicted molar refractivity (Wildman–Crippen MR) is 44.3 cm³/mol. The van der Waals surface area contributed by atoms with Crippen LogP contribution in [0.3, 0.4) is 0 Å². The third-order valence-corrected chi connectivity index (χ3v) is 2.08. The molecular formula is C8H16N2O. The molecule has 0 saturated carbocycles. The van der Waals surface area contributed by atoms with Gasteiger partial charge in [0.1, 0.15) is 0 Å². The third kappa shape index (κ3) is 2.50. The van der Waals surface area contributed by atoms with Gasteiger partial charge in [-0.05, 0) is 5.92 Å². The van der Waals surface area contributed by atoms with E-state index in [9.17, 15) is 4.79 Å². The summed E-state index contributed by atoms with van der Waals surface area (Å²) in [5, 5.41) is 6.20. The molecule has 11 heavy (non-hydrogen) atoms. The number of carbonyl (C=O) groups excluding carboxylic acids is 1. The molecule has 0 bridgehead atoms. The van der Waals surface area contributed by atoms with Gasteiger partial charge in [-0.25, -0.2) is 0 Å². The highest BCUT2D eigenvalue weighted by molar-refractivity contribution is 5.76. The molecule has 2 N–H and O–H groups in total. The molecule has 1 aliphatic heterocycles. The topological polar surface area (TPSA) is 41.1 Å². The minimum Gasteiger partial charge on any atom is -0.354 e. The lowest BCUT2D eigenvalue weighted by Gasteiger charge is -2.18. The van der Waals surface area contributed by atoms with Gasteiger partial charge in [0.2, 0.25) is 5.91 Å². The fourth-order valence-corrected chi connectivity index (χ4v) is 1.23. The lowest BCUT2D eigenvalue weighted by molar-refractivity contribution is -0.120. The average molecular weight is 156 g/mol. The van der Waals surface area contributed by atoms with Gasteiger partial charge in [0.25, 0.3) is 0 Å². The first-order chi connectivity index (χ1) is 5.20. The Morgan fingerprint density at radius 3 is 2.91 bits per heavy atom. The summed E-state index contributed by atoms with van der Waals surface area (Å²) in [6, 6.07) is 0.446. The normalized spacial score (nSPS) is 26.5. The van der Waals surface area contributed by atoms with Gasteiger partial charge in [0, 0.05) is 25.6 Å². The number of carbonyl (C=O) groups is 1.